The van der Waals surface area contributed by atoms with Gasteiger partial charge in [-0.05, 0) is 17.8 Å². The fraction of sp³-hybridized carbons (Fsp3) is 0.923. The molecule has 0 fully saturated rings. The summed E-state index contributed by atoms with van der Waals surface area (Å²) in [5, 5.41) is 0. The topological polar surface area (TPSA) is 21.6 Å². The molecule has 0 aliphatic carbocycles. The van der Waals surface area contributed by atoms with E-state index in [0.717, 1.165) is 18.9 Å². The van der Waals surface area contributed by atoms with E-state index >= 15 is 0 Å². The van der Waals surface area contributed by atoms with Gasteiger partial charge < -0.3 is 4.74 Å². The van der Waals surface area contributed by atoms with Crippen LogP contribution in [-0.4, -0.2) is 18.5 Å². The van der Waals surface area contributed by atoms with Crippen LogP contribution in [0.15, 0.2) is 4.99 Å². The Bertz CT molecular complexity index is 237. The zero-order chi connectivity index (χ0) is 11.6. The molecule has 1 aliphatic rings. The van der Waals surface area contributed by atoms with Crippen molar-refractivity contribution >= 4 is 5.90 Å². The summed E-state index contributed by atoms with van der Waals surface area (Å²) in [6.45, 7) is 14.2. The van der Waals surface area contributed by atoms with E-state index in [9.17, 15) is 0 Å². The minimum absolute atomic E-state index is 0.242. The highest BCUT2D eigenvalue weighted by atomic mass is 16.5. The first kappa shape index (κ1) is 12.5. The first-order valence-corrected chi connectivity index (χ1v) is 6.01. The summed E-state index contributed by atoms with van der Waals surface area (Å²) < 4.78 is 5.70. The molecule has 2 atom stereocenters. The average Bonchev–Trinajstić information content (AvgIpc) is 2.48. The number of aliphatic imine (C=N–C) groups is 1. The van der Waals surface area contributed by atoms with Crippen LogP contribution in [0.1, 0.15) is 48.0 Å². The van der Waals surface area contributed by atoms with Crippen LogP contribution in [0, 0.1) is 17.3 Å². The van der Waals surface area contributed by atoms with E-state index in [1.54, 1.807) is 0 Å². The van der Waals surface area contributed by atoms with E-state index in [0.29, 0.717) is 17.9 Å². The summed E-state index contributed by atoms with van der Waals surface area (Å²) in [6, 6.07) is 0.393. The molecule has 0 aromatic rings. The standard InChI is InChI=1S/C13H25NO/c1-9(2)7-11-8-15-12(14-11)10(3)13(4,5)6/h9-11H,7-8H2,1-6H3/t10-,11-/m1/s1. The van der Waals surface area contributed by atoms with Crippen molar-refractivity contribution in [2.24, 2.45) is 22.2 Å². The molecule has 0 saturated heterocycles. The molecule has 1 aliphatic heterocycles. The summed E-state index contributed by atoms with van der Waals surface area (Å²) in [5.74, 6) is 2.08. The van der Waals surface area contributed by atoms with Gasteiger partial charge in [0.05, 0.1) is 6.04 Å². The summed E-state index contributed by atoms with van der Waals surface area (Å²) in [7, 11) is 0. The lowest BCUT2D eigenvalue weighted by atomic mass is 9.82. The second-order valence-electron chi connectivity index (χ2n) is 6.15. The molecule has 0 unspecified atom stereocenters. The summed E-state index contributed by atoms with van der Waals surface area (Å²) in [5.41, 5.74) is 0.242. The van der Waals surface area contributed by atoms with Crippen LogP contribution in [0.3, 0.4) is 0 Å². The number of hydrogen-bond donors (Lipinski definition) is 0. The van der Waals surface area contributed by atoms with Crippen molar-refractivity contribution in [1.29, 1.82) is 0 Å². The van der Waals surface area contributed by atoms with E-state index in [4.69, 9.17) is 4.74 Å². The van der Waals surface area contributed by atoms with E-state index in [1.165, 1.54) is 0 Å². The Morgan fingerprint density at radius 3 is 2.40 bits per heavy atom. The second-order valence-corrected chi connectivity index (χ2v) is 6.15. The molecule has 0 bridgehead atoms. The normalized spacial score (nSPS) is 23.9. The molecule has 2 heteroatoms. The predicted octanol–water partition coefficient (Wildman–Crippen LogP) is 3.51. The van der Waals surface area contributed by atoms with Crippen molar-refractivity contribution in [2.75, 3.05) is 6.61 Å². The van der Waals surface area contributed by atoms with Crippen LogP contribution >= 0.6 is 0 Å². The maximum Gasteiger partial charge on any atom is 0.187 e. The highest BCUT2D eigenvalue weighted by Crippen LogP contribution is 2.29. The third-order valence-corrected chi connectivity index (χ3v) is 3.15. The van der Waals surface area contributed by atoms with Gasteiger partial charge in [0.2, 0.25) is 0 Å². The average molecular weight is 211 g/mol. The van der Waals surface area contributed by atoms with Crippen LogP contribution in [0.25, 0.3) is 0 Å². The van der Waals surface area contributed by atoms with E-state index in [-0.39, 0.29) is 5.41 Å². The Balaban J connectivity index is 2.59. The lowest BCUT2D eigenvalue weighted by molar-refractivity contribution is 0.245. The van der Waals surface area contributed by atoms with Crippen LogP contribution in [0.5, 0.6) is 0 Å². The fourth-order valence-electron chi connectivity index (χ4n) is 1.71. The molecular weight excluding hydrogens is 186 g/mol. The minimum Gasteiger partial charge on any atom is -0.478 e. The molecule has 0 aromatic carbocycles. The van der Waals surface area contributed by atoms with E-state index < -0.39 is 0 Å². The van der Waals surface area contributed by atoms with Gasteiger partial charge in [-0.25, -0.2) is 4.99 Å². The molecule has 0 radical (unpaired) electrons. The quantitative estimate of drug-likeness (QED) is 0.700. The molecule has 1 heterocycles. The van der Waals surface area contributed by atoms with Gasteiger partial charge in [0, 0.05) is 5.92 Å². The van der Waals surface area contributed by atoms with Crippen molar-refractivity contribution in [3.05, 3.63) is 0 Å². The fourth-order valence-corrected chi connectivity index (χ4v) is 1.71. The van der Waals surface area contributed by atoms with Gasteiger partial charge in [-0.1, -0.05) is 41.5 Å². The van der Waals surface area contributed by atoms with Crippen molar-refractivity contribution in [1.82, 2.24) is 0 Å². The Morgan fingerprint density at radius 1 is 1.33 bits per heavy atom. The molecule has 0 N–H and O–H groups in total. The number of hydrogen-bond acceptors (Lipinski definition) is 2. The van der Waals surface area contributed by atoms with Gasteiger partial charge in [0.15, 0.2) is 5.90 Å². The molecule has 88 valence electrons. The summed E-state index contributed by atoms with van der Waals surface area (Å²) >= 11 is 0. The van der Waals surface area contributed by atoms with Gasteiger partial charge in [-0.15, -0.1) is 0 Å². The molecule has 2 nitrogen and oxygen atoms in total. The predicted molar refractivity (Wildman–Crippen MR) is 65.2 cm³/mol. The first-order valence-electron chi connectivity index (χ1n) is 6.01. The third kappa shape index (κ3) is 3.51. The summed E-state index contributed by atoms with van der Waals surface area (Å²) in [6.07, 6.45) is 1.14. The molecule has 0 amide bonds. The van der Waals surface area contributed by atoms with Gasteiger partial charge in [0.1, 0.15) is 6.61 Å². The Labute approximate surface area is 94.1 Å². The summed E-state index contributed by atoms with van der Waals surface area (Å²) in [4.78, 5) is 4.69. The third-order valence-electron chi connectivity index (χ3n) is 3.15. The molecular formula is C13H25NO. The maximum absolute atomic E-state index is 5.70. The highest BCUT2D eigenvalue weighted by Gasteiger charge is 2.30. The number of nitrogens with zero attached hydrogens (tertiary/aromatic N) is 1. The Kier molecular flexibility index (Phi) is 3.80. The highest BCUT2D eigenvalue weighted by molar-refractivity contribution is 5.80. The van der Waals surface area contributed by atoms with Gasteiger partial charge in [-0.2, -0.15) is 0 Å². The Morgan fingerprint density at radius 2 is 1.93 bits per heavy atom. The van der Waals surface area contributed by atoms with Gasteiger partial charge in [0.25, 0.3) is 0 Å². The van der Waals surface area contributed by atoms with Gasteiger partial charge in [-0.3, -0.25) is 0 Å². The van der Waals surface area contributed by atoms with Crippen LogP contribution in [0.4, 0.5) is 0 Å². The van der Waals surface area contributed by atoms with Crippen molar-refractivity contribution in [3.8, 4) is 0 Å². The zero-order valence-corrected chi connectivity index (χ0v) is 11.0. The molecule has 0 saturated carbocycles. The lowest BCUT2D eigenvalue weighted by Gasteiger charge is -2.26. The first-order chi connectivity index (χ1) is 6.80. The monoisotopic (exact) mass is 211 g/mol. The Hall–Kier alpha value is -0.530. The van der Waals surface area contributed by atoms with Crippen molar-refractivity contribution in [2.45, 2.75) is 54.0 Å². The maximum atomic E-state index is 5.70. The van der Waals surface area contributed by atoms with Gasteiger partial charge >= 0.3 is 0 Å². The van der Waals surface area contributed by atoms with Crippen LogP contribution < -0.4 is 0 Å². The number of rotatable bonds is 3. The second kappa shape index (κ2) is 4.54. The lowest BCUT2D eigenvalue weighted by Crippen LogP contribution is -2.25. The smallest absolute Gasteiger partial charge is 0.187 e. The van der Waals surface area contributed by atoms with Crippen LogP contribution in [0.2, 0.25) is 0 Å². The SMILES string of the molecule is CC(C)C[C@@H]1COC([C@@H](C)C(C)(C)C)=N1. The molecule has 1 rings (SSSR count). The molecule has 0 spiro atoms. The van der Waals surface area contributed by atoms with Crippen molar-refractivity contribution in [3.63, 3.8) is 0 Å². The largest absolute Gasteiger partial charge is 0.478 e. The molecule has 0 aromatic heterocycles. The molecule has 15 heavy (non-hydrogen) atoms. The minimum atomic E-state index is 0.242. The van der Waals surface area contributed by atoms with Crippen molar-refractivity contribution < 1.29 is 4.74 Å². The van der Waals surface area contributed by atoms with Crippen LogP contribution in [-0.2, 0) is 4.74 Å². The van der Waals surface area contributed by atoms with E-state index in [2.05, 4.69) is 46.5 Å². The number of ether oxygens (including phenoxy) is 1. The zero-order valence-electron chi connectivity index (χ0n) is 11.0. The van der Waals surface area contributed by atoms with E-state index in [1.807, 2.05) is 0 Å².